The molecule has 0 fully saturated rings. The number of ether oxygens (including phenoxy) is 2. The number of nitrogens with one attached hydrogen (secondary N) is 2. The normalized spacial score (nSPS) is 17.1. The van der Waals surface area contributed by atoms with Gasteiger partial charge < -0.3 is 20.1 Å². The lowest BCUT2D eigenvalue weighted by molar-refractivity contribution is -0.150. The molecule has 2 aromatic carbocycles. The summed E-state index contributed by atoms with van der Waals surface area (Å²) >= 11 is 7.01. The Morgan fingerprint density at radius 3 is 2.40 bits per heavy atom. The first-order valence-electron chi connectivity index (χ1n) is 10.2. The van der Waals surface area contributed by atoms with Crippen LogP contribution in [0.1, 0.15) is 21.8 Å². The molecular formula is C24H20ClN3O6S. The zero-order valence-electron chi connectivity index (χ0n) is 18.7. The van der Waals surface area contributed by atoms with Crippen molar-refractivity contribution < 1.29 is 28.7 Å². The predicted octanol–water partition coefficient (Wildman–Crippen LogP) is 3.24. The Kier molecular flexibility index (Phi) is 8.52. The van der Waals surface area contributed by atoms with E-state index in [9.17, 15) is 24.4 Å². The quantitative estimate of drug-likeness (QED) is 0.425. The zero-order valence-corrected chi connectivity index (χ0v) is 20.2. The fourth-order valence-corrected chi connectivity index (χ4v) is 4.54. The van der Waals surface area contributed by atoms with Gasteiger partial charge in [-0.05, 0) is 29.8 Å². The van der Waals surface area contributed by atoms with E-state index in [1.165, 1.54) is 31.4 Å². The third kappa shape index (κ3) is 5.82. The molecule has 180 valence electrons. The van der Waals surface area contributed by atoms with Crippen LogP contribution in [0.15, 0.2) is 59.1 Å². The van der Waals surface area contributed by atoms with Gasteiger partial charge in [-0.25, -0.2) is 4.79 Å². The summed E-state index contributed by atoms with van der Waals surface area (Å²) in [6.07, 6.45) is 0. The van der Waals surface area contributed by atoms with E-state index in [4.69, 9.17) is 21.1 Å². The third-order valence-corrected chi connectivity index (χ3v) is 6.52. The Balaban J connectivity index is 1.92. The summed E-state index contributed by atoms with van der Waals surface area (Å²) in [5.74, 6) is -4.91. The van der Waals surface area contributed by atoms with Crippen LogP contribution in [0.5, 0.6) is 0 Å². The van der Waals surface area contributed by atoms with E-state index in [1.54, 1.807) is 24.3 Å². The van der Waals surface area contributed by atoms with E-state index in [0.29, 0.717) is 16.3 Å². The number of hydrogen-bond donors (Lipinski definition) is 2. The van der Waals surface area contributed by atoms with Crippen LogP contribution in [0, 0.1) is 17.2 Å². The largest absolute Gasteiger partial charge is 0.468 e. The fraction of sp³-hybridized carbons (Fsp3) is 0.208. The van der Waals surface area contributed by atoms with Gasteiger partial charge >= 0.3 is 11.9 Å². The number of allylic oxidation sites excluding steroid dienone is 1. The van der Waals surface area contributed by atoms with Crippen LogP contribution in [0.4, 0.5) is 5.69 Å². The summed E-state index contributed by atoms with van der Waals surface area (Å²) in [6.45, 7) is 0. The highest BCUT2D eigenvalue weighted by Crippen LogP contribution is 2.40. The number of rotatable bonds is 7. The zero-order chi connectivity index (χ0) is 25.5. The molecule has 9 nitrogen and oxygen atoms in total. The lowest BCUT2D eigenvalue weighted by atomic mass is 9.78. The van der Waals surface area contributed by atoms with Gasteiger partial charge in [-0.15, -0.1) is 0 Å². The molecule has 0 radical (unpaired) electrons. The minimum absolute atomic E-state index is 0.0846. The van der Waals surface area contributed by atoms with Gasteiger partial charge in [0, 0.05) is 5.92 Å². The van der Waals surface area contributed by atoms with Crippen LogP contribution < -0.4 is 10.6 Å². The smallest absolute Gasteiger partial charge is 0.337 e. The summed E-state index contributed by atoms with van der Waals surface area (Å²) in [5, 5.41) is 15.7. The maximum absolute atomic E-state index is 12.9. The van der Waals surface area contributed by atoms with Gasteiger partial charge in [-0.2, -0.15) is 5.26 Å². The second-order valence-corrected chi connectivity index (χ2v) is 8.65. The minimum atomic E-state index is -1.33. The van der Waals surface area contributed by atoms with Crippen molar-refractivity contribution in [3.63, 3.8) is 0 Å². The van der Waals surface area contributed by atoms with Gasteiger partial charge in [0.15, 0.2) is 0 Å². The molecule has 35 heavy (non-hydrogen) atoms. The van der Waals surface area contributed by atoms with Crippen LogP contribution in [0.3, 0.4) is 0 Å². The number of methoxy groups -OCH3 is 2. The predicted molar refractivity (Wildman–Crippen MR) is 129 cm³/mol. The van der Waals surface area contributed by atoms with E-state index in [1.807, 2.05) is 0 Å². The number of thioether (sulfide) groups is 1. The van der Waals surface area contributed by atoms with E-state index in [2.05, 4.69) is 16.7 Å². The summed E-state index contributed by atoms with van der Waals surface area (Å²) in [7, 11) is 2.39. The number of halogens is 1. The van der Waals surface area contributed by atoms with Gasteiger partial charge in [0.25, 0.3) is 0 Å². The van der Waals surface area contributed by atoms with Crippen molar-refractivity contribution in [2.75, 3.05) is 25.3 Å². The van der Waals surface area contributed by atoms with Crippen LogP contribution in [-0.2, 0) is 23.9 Å². The summed E-state index contributed by atoms with van der Waals surface area (Å²) in [5.41, 5.74) is 1.22. The molecule has 11 heteroatoms. The van der Waals surface area contributed by atoms with Crippen LogP contribution in [0.2, 0.25) is 5.02 Å². The number of amides is 2. The van der Waals surface area contributed by atoms with Gasteiger partial charge in [0.1, 0.15) is 5.92 Å². The van der Waals surface area contributed by atoms with Gasteiger partial charge in [0.2, 0.25) is 11.8 Å². The molecule has 1 heterocycles. The van der Waals surface area contributed by atoms with Crippen molar-refractivity contribution in [2.24, 2.45) is 5.92 Å². The minimum Gasteiger partial charge on any atom is -0.468 e. The van der Waals surface area contributed by atoms with E-state index < -0.39 is 35.6 Å². The van der Waals surface area contributed by atoms with Crippen molar-refractivity contribution in [2.45, 2.75) is 5.92 Å². The Bertz CT molecular complexity index is 1240. The number of hydrogen-bond acceptors (Lipinski definition) is 8. The number of nitrogens with zero attached hydrogens (tertiary/aromatic N) is 1. The molecule has 0 bridgehead atoms. The average Bonchev–Trinajstić information content (AvgIpc) is 2.87. The van der Waals surface area contributed by atoms with Crippen molar-refractivity contribution in [3.05, 3.63) is 75.3 Å². The van der Waals surface area contributed by atoms with Gasteiger partial charge in [0.05, 0.1) is 52.9 Å². The number of carbonyl (C=O) groups is 4. The molecule has 2 atom stereocenters. The molecule has 3 rings (SSSR count). The first kappa shape index (κ1) is 25.8. The van der Waals surface area contributed by atoms with Crippen molar-refractivity contribution in [1.29, 1.82) is 5.26 Å². The van der Waals surface area contributed by atoms with Gasteiger partial charge in [-0.1, -0.05) is 47.6 Å². The molecule has 1 aliphatic heterocycles. The first-order valence-corrected chi connectivity index (χ1v) is 11.6. The number of carbonyl (C=O) groups excluding carboxylic acids is 4. The molecule has 2 aromatic rings. The molecule has 0 spiro atoms. The number of esters is 2. The third-order valence-electron chi connectivity index (χ3n) is 5.17. The lowest BCUT2D eigenvalue weighted by Crippen LogP contribution is -2.44. The molecule has 2 N–H and O–H groups in total. The molecule has 0 aliphatic carbocycles. The molecule has 0 saturated heterocycles. The second kappa shape index (κ2) is 11.6. The van der Waals surface area contributed by atoms with Crippen molar-refractivity contribution >= 4 is 52.8 Å². The van der Waals surface area contributed by atoms with Crippen molar-refractivity contribution in [1.82, 2.24) is 5.32 Å². The lowest BCUT2D eigenvalue weighted by Gasteiger charge is -2.31. The Morgan fingerprint density at radius 2 is 1.80 bits per heavy atom. The number of para-hydroxylation sites is 1. The highest BCUT2D eigenvalue weighted by Gasteiger charge is 2.44. The number of anilines is 1. The van der Waals surface area contributed by atoms with Crippen LogP contribution >= 0.6 is 23.4 Å². The maximum Gasteiger partial charge on any atom is 0.337 e. The number of nitriles is 1. The van der Waals surface area contributed by atoms with Crippen molar-refractivity contribution in [3.8, 4) is 6.07 Å². The summed E-state index contributed by atoms with van der Waals surface area (Å²) < 4.78 is 9.50. The highest BCUT2D eigenvalue weighted by atomic mass is 35.5. The van der Waals surface area contributed by atoms with Gasteiger partial charge in [-0.3, -0.25) is 14.4 Å². The van der Waals surface area contributed by atoms with Crippen LogP contribution in [-0.4, -0.2) is 43.7 Å². The fourth-order valence-electron chi connectivity index (χ4n) is 3.51. The average molecular weight is 514 g/mol. The Labute approximate surface area is 210 Å². The molecule has 2 amide bonds. The SMILES string of the molecule is COC(=O)c1ccc([C@H]2C(C#N)=C(SCC(=O)Nc3ccccc3Cl)NC(=O)[C@H]2C(=O)OC)cc1. The van der Waals surface area contributed by atoms with E-state index in [0.717, 1.165) is 18.9 Å². The topological polar surface area (TPSA) is 135 Å². The standard InChI is InChI=1S/C24H20ClN3O6S/c1-33-23(31)14-9-7-13(8-10-14)19-15(11-26)22(28-21(30)20(19)24(32)34-2)35-12-18(29)27-17-6-4-3-5-16(17)25/h3-10,19-20H,12H2,1-2H3,(H,27,29)(H,28,30)/t19-,20-/m0/s1. The molecule has 0 unspecified atom stereocenters. The molecule has 0 aromatic heterocycles. The Hall–Kier alpha value is -3.81. The van der Waals surface area contributed by atoms with Crippen LogP contribution in [0.25, 0.3) is 0 Å². The summed E-state index contributed by atoms with van der Waals surface area (Å²) in [4.78, 5) is 49.6. The molecule has 0 saturated carbocycles. The van der Waals surface area contributed by atoms with E-state index in [-0.39, 0.29) is 21.9 Å². The maximum atomic E-state index is 12.9. The number of benzene rings is 2. The second-order valence-electron chi connectivity index (χ2n) is 7.25. The summed E-state index contributed by atoms with van der Waals surface area (Å²) in [6, 6.07) is 14.8. The first-order chi connectivity index (χ1) is 16.8. The Morgan fingerprint density at radius 1 is 1.11 bits per heavy atom. The highest BCUT2D eigenvalue weighted by molar-refractivity contribution is 8.03. The molecular weight excluding hydrogens is 494 g/mol. The molecule has 1 aliphatic rings. The monoisotopic (exact) mass is 513 g/mol. The van der Waals surface area contributed by atoms with E-state index >= 15 is 0 Å².